The molecule has 0 aliphatic rings. The number of nitrogens with two attached hydrogens (primary N) is 1. The molecule has 3 N–H and O–H groups in total. The number of aryl methyl sites for hydroxylation is 1. The first-order valence-corrected chi connectivity index (χ1v) is 13.2. The maximum atomic E-state index is 14.0. The molecule has 0 saturated heterocycles. The van der Waals surface area contributed by atoms with Crippen LogP contribution in [0.1, 0.15) is 40.3 Å². The van der Waals surface area contributed by atoms with Gasteiger partial charge in [0.25, 0.3) is 11.5 Å². The summed E-state index contributed by atoms with van der Waals surface area (Å²) in [5.74, 6) is 6.13. The third-order valence-electron chi connectivity index (χ3n) is 6.33. The van der Waals surface area contributed by atoms with Gasteiger partial charge in [-0.15, -0.1) is 11.3 Å². The number of anilines is 1. The van der Waals surface area contributed by atoms with Gasteiger partial charge in [0.1, 0.15) is 22.0 Å². The van der Waals surface area contributed by atoms with Gasteiger partial charge < -0.3 is 11.1 Å². The second-order valence-corrected chi connectivity index (χ2v) is 9.94. The Hall–Kier alpha value is -5.34. The average Bonchev–Trinajstić information content (AvgIpc) is 3.57. The molecule has 10 nitrogen and oxygen atoms in total. The molecule has 0 aliphatic heterocycles. The van der Waals surface area contributed by atoms with Gasteiger partial charge in [0, 0.05) is 36.4 Å². The number of benzene rings is 1. The number of hydrogen-bond donors (Lipinski definition) is 2. The number of rotatable bonds is 4. The van der Waals surface area contributed by atoms with E-state index in [9.17, 15) is 9.59 Å². The van der Waals surface area contributed by atoms with Gasteiger partial charge in [0.05, 0.1) is 40.0 Å². The molecule has 5 heterocycles. The maximum Gasteiger partial charge on any atom is 0.268 e. The Kier molecular flexibility index (Phi) is 6.30. The zero-order valence-electron chi connectivity index (χ0n) is 21.5. The smallest absolute Gasteiger partial charge is 0.268 e. The van der Waals surface area contributed by atoms with Crippen molar-refractivity contribution in [2.24, 2.45) is 7.05 Å². The van der Waals surface area contributed by atoms with Gasteiger partial charge in [0.2, 0.25) is 0 Å². The lowest BCUT2D eigenvalue weighted by Gasteiger charge is -2.19. The fourth-order valence-corrected chi connectivity index (χ4v) is 5.32. The van der Waals surface area contributed by atoms with Crippen molar-refractivity contribution in [2.45, 2.75) is 13.0 Å². The molecule has 1 unspecified atom stereocenters. The van der Waals surface area contributed by atoms with Crippen LogP contribution in [0.3, 0.4) is 0 Å². The number of hydrogen-bond acceptors (Lipinski definition) is 8. The first-order chi connectivity index (χ1) is 19.4. The molecule has 0 spiro atoms. The van der Waals surface area contributed by atoms with Gasteiger partial charge in [0.15, 0.2) is 0 Å². The molecule has 0 aliphatic carbocycles. The molecule has 1 amide bonds. The number of aromatic nitrogens is 6. The summed E-state index contributed by atoms with van der Waals surface area (Å²) in [4.78, 5) is 41.4. The molecular formula is C29H22N8O2S. The second-order valence-electron chi connectivity index (χ2n) is 9.08. The van der Waals surface area contributed by atoms with E-state index in [1.54, 1.807) is 42.5 Å². The predicted molar refractivity (Wildman–Crippen MR) is 154 cm³/mol. The van der Waals surface area contributed by atoms with Crippen molar-refractivity contribution in [3.8, 4) is 17.5 Å². The first kappa shape index (κ1) is 25.0. The summed E-state index contributed by atoms with van der Waals surface area (Å²) < 4.78 is 3.18. The fraction of sp³-hybridized carbons (Fsp3) is 0.103. The van der Waals surface area contributed by atoms with E-state index >= 15 is 0 Å². The highest BCUT2D eigenvalue weighted by Gasteiger charge is 2.24. The van der Waals surface area contributed by atoms with Crippen LogP contribution in [0.4, 0.5) is 5.82 Å². The van der Waals surface area contributed by atoms with Crippen molar-refractivity contribution in [3.63, 3.8) is 0 Å². The van der Waals surface area contributed by atoms with E-state index in [2.05, 4.69) is 32.2 Å². The zero-order valence-corrected chi connectivity index (χ0v) is 22.3. The van der Waals surface area contributed by atoms with Crippen LogP contribution in [0.25, 0.3) is 26.8 Å². The number of carbonyl (C=O) groups excluding carboxylic acids is 1. The molecule has 1 aromatic carbocycles. The third-order valence-corrected chi connectivity index (χ3v) is 7.20. The fourth-order valence-electron chi connectivity index (χ4n) is 4.45. The molecule has 6 aromatic rings. The molecule has 40 heavy (non-hydrogen) atoms. The third kappa shape index (κ3) is 4.46. The number of nitrogens with zero attached hydrogens (tertiary/aromatic N) is 6. The van der Waals surface area contributed by atoms with Crippen LogP contribution in [0.15, 0.2) is 77.4 Å². The molecule has 0 saturated carbocycles. The SMILES string of the molecule is CC(NC(=O)c1c(N)ncc2cccnc12)c1nc2scc(C#Cc3cnn(C)c3)c2c(=O)n1-c1ccccc1. The Labute approximate surface area is 232 Å². The van der Waals surface area contributed by atoms with E-state index in [-0.39, 0.29) is 16.9 Å². The molecular weight excluding hydrogens is 524 g/mol. The number of carbonyl (C=O) groups is 1. The van der Waals surface area contributed by atoms with Gasteiger partial charge >= 0.3 is 0 Å². The summed E-state index contributed by atoms with van der Waals surface area (Å²) in [5, 5.41) is 10.0. The van der Waals surface area contributed by atoms with Gasteiger partial charge in [-0.05, 0) is 31.2 Å². The molecule has 6 rings (SSSR count). The van der Waals surface area contributed by atoms with Crippen LogP contribution >= 0.6 is 11.3 Å². The molecule has 0 bridgehead atoms. The quantitative estimate of drug-likeness (QED) is 0.323. The van der Waals surface area contributed by atoms with Gasteiger partial charge in [-0.1, -0.05) is 30.0 Å². The number of fused-ring (bicyclic) bond motifs is 2. The van der Waals surface area contributed by atoms with Crippen LogP contribution in [-0.4, -0.2) is 35.2 Å². The van der Waals surface area contributed by atoms with E-state index in [1.807, 2.05) is 48.8 Å². The predicted octanol–water partition coefficient (Wildman–Crippen LogP) is 3.60. The lowest BCUT2D eigenvalue weighted by atomic mass is 10.1. The van der Waals surface area contributed by atoms with Crippen molar-refractivity contribution in [3.05, 3.63) is 106 Å². The van der Waals surface area contributed by atoms with Gasteiger partial charge in [-0.25, -0.2) is 9.97 Å². The number of amides is 1. The van der Waals surface area contributed by atoms with Gasteiger partial charge in [-0.2, -0.15) is 5.10 Å². The lowest BCUT2D eigenvalue weighted by molar-refractivity contribution is 0.0940. The standard InChI is InChI=1S/C29H22N8O2S/c1-17(34-27(38)23-24-19(7-6-12-31-24)14-32-25(23)30)26-35-28-22(29(39)37(26)21-8-4-3-5-9-21)20(16-40-28)11-10-18-13-33-36(2)15-18/h3-9,12-17H,1-2H3,(H2,30,32)(H,34,38). The molecule has 0 radical (unpaired) electrons. The normalized spacial score (nSPS) is 11.8. The highest BCUT2D eigenvalue weighted by molar-refractivity contribution is 7.17. The number of thiophene rings is 1. The van der Waals surface area contributed by atoms with E-state index in [1.165, 1.54) is 15.9 Å². The number of nitrogens with one attached hydrogen (secondary N) is 1. The number of para-hydroxylation sites is 1. The minimum Gasteiger partial charge on any atom is -0.383 e. The van der Waals surface area contributed by atoms with E-state index in [4.69, 9.17) is 10.7 Å². The van der Waals surface area contributed by atoms with Crippen LogP contribution in [0.2, 0.25) is 0 Å². The minimum absolute atomic E-state index is 0.0647. The summed E-state index contributed by atoms with van der Waals surface area (Å²) in [6.07, 6.45) is 6.64. The van der Waals surface area contributed by atoms with Crippen molar-refractivity contribution in [1.29, 1.82) is 0 Å². The second kappa shape index (κ2) is 10.1. The van der Waals surface area contributed by atoms with E-state index in [0.717, 1.165) is 5.56 Å². The van der Waals surface area contributed by atoms with Crippen LogP contribution < -0.4 is 16.6 Å². The Balaban J connectivity index is 1.45. The summed E-state index contributed by atoms with van der Waals surface area (Å²) in [6, 6.07) is 12.1. The maximum absolute atomic E-state index is 14.0. The summed E-state index contributed by atoms with van der Waals surface area (Å²) >= 11 is 1.32. The van der Waals surface area contributed by atoms with Crippen LogP contribution in [0, 0.1) is 11.8 Å². The Morgan fingerprint density at radius 3 is 2.70 bits per heavy atom. The van der Waals surface area contributed by atoms with Crippen molar-refractivity contribution >= 4 is 44.2 Å². The van der Waals surface area contributed by atoms with Crippen molar-refractivity contribution in [1.82, 2.24) is 34.6 Å². The summed E-state index contributed by atoms with van der Waals surface area (Å²) in [5.41, 5.74) is 8.36. The molecule has 0 fully saturated rings. The van der Waals surface area contributed by atoms with Crippen molar-refractivity contribution in [2.75, 3.05) is 5.73 Å². The molecule has 11 heteroatoms. The molecule has 196 valence electrons. The molecule has 5 aromatic heterocycles. The highest BCUT2D eigenvalue weighted by Crippen LogP contribution is 2.26. The largest absolute Gasteiger partial charge is 0.383 e. The van der Waals surface area contributed by atoms with Crippen LogP contribution in [0.5, 0.6) is 0 Å². The number of nitrogen functional groups attached to an aromatic ring is 1. The Morgan fingerprint density at radius 1 is 1.10 bits per heavy atom. The zero-order chi connectivity index (χ0) is 27.8. The average molecular weight is 547 g/mol. The Bertz CT molecular complexity index is 2030. The van der Waals surface area contributed by atoms with E-state index < -0.39 is 11.9 Å². The topological polar surface area (TPSA) is 134 Å². The molecule has 1 atom stereocenters. The Morgan fingerprint density at radius 2 is 1.93 bits per heavy atom. The first-order valence-electron chi connectivity index (χ1n) is 12.3. The van der Waals surface area contributed by atoms with Crippen molar-refractivity contribution < 1.29 is 4.79 Å². The van der Waals surface area contributed by atoms with Crippen LogP contribution in [-0.2, 0) is 7.05 Å². The summed E-state index contributed by atoms with van der Waals surface area (Å²) in [7, 11) is 1.82. The lowest BCUT2D eigenvalue weighted by Crippen LogP contribution is -2.33. The monoisotopic (exact) mass is 546 g/mol. The van der Waals surface area contributed by atoms with Gasteiger partial charge in [-0.3, -0.25) is 23.8 Å². The van der Waals surface area contributed by atoms with E-state index in [0.29, 0.717) is 38.2 Å². The minimum atomic E-state index is -0.671. The highest BCUT2D eigenvalue weighted by atomic mass is 32.1. The number of pyridine rings is 2. The summed E-state index contributed by atoms with van der Waals surface area (Å²) in [6.45, 7) is 1.77.